The third-order valence-corrected chi connectivity index (χ3v) is 3.22. The molecule has 0 radical (unpaired) electrons. The zero-order valence-electron chi connectivity index (χ0n) is 11.4. The number of nitrogens with zero attached hydrogens (tertiary/aromatic N) is 2. The second-order valence-corrected chi connectivity index (χ2v) is 4.78. The van der Waals surface area contributed by atoms with Crippen molar-refractivity contribution in [3.63, 3.8) is 0 Å². The summed E-state index contributed by atoms with van der Waals surface area (Å²) >= 11 is 0. The van der Waals surface area contributed by atoms with Crippen LogP contribution < -0.4 is 15.4 Å². The van der Waals surface area contributed by atoms with Crippen LogP contribution in [0.25, 0.3) is 0 Å². The number of carbonyl (C=O) groups is 1. The molecule has 2 amide bonds. The molecule has 0 aliphatic heterocycles. The fraction of sp³-hybridized carbons (Fsp3) is 0.615. The maximum atomic E-state index is 12.7. The number of hydrogen-bond donors (Lipinski definition) is 2. The van der Waals surface area contributed by atoms with E-state index in [1.807, 2.05) is 6.92 Å². The summed E-state index contributed by atoms with van der Waals surface area (Å²) in [5.74, 6) is -0.479. The van der Waals surface area contributed by atoms with E-state index in [1.165, 1.54) is 0 Å². The highest BCUT2D eigenvalue weighted by Gasteiger charge is 2.24. The van der Waals surface area contributed by atoms with Crippen molar-refractivity contribution in [2.45, 2.75) is 44.8 Å². The fourth-order valence-corrected chi connectivity index (χ4v) is 2.23. The lowest BCUT2D eigenvalue weighted by atomic mass is 9.93. The van der Waals surface area contributed by atoms with Crippen molar-refractivity contribution in [1.29, 1.82) is 0 Å². The van der Waals surface area contributed by atoms with E-state index in [1.54, 1.807) is 0 Å². The Morgan fingerprint density at radius 1 is 1.35 bits per heavy atom. The number of carbonyl (C=O) groups excluding carboxylic acids is 1. The lowest BCUT2D eigenvalue weighted by molar-refractivity contribution is 0.128. The molecule has 2 N–H and O–H groups in total. The molecule has 1 aliphatic carbocycles. The smallest absolute Gasteiger partial charge is 0.316 e. The Morgan fingerprint density at radius 3 is 2.60 bits per heavy atom. The van der Waals surface area contributed by atoms with Crippen LogP contribution in [0.3, 0.4) is 0 Å². The molecule has 0 saturated heterocycles. The molecule has 1 aromatic rings. The Morgan fingerprint density at radius 2 is 2.00 bits per heavy atom. The van der Waals surface area contributed by atoms with E-state index in [0.29, 0.717) is 6.54 Å². The van der Waals surface area contributed by atoms with Crippen LogP contribution in [0.5, 0.6) is 6.01 Å². The molecule has 6 nitrogen and oxygen atoms in total. The van der Waals surface area contributed by atoms with Crippen molar-refractivity contribution in [2.24, 2.45) is 0 Å². The van der Waals surface area contributed by atoms with E-state index in [2.05, 4.69) is 20.6 Å². The highest BCUT2D eigenvalue weighted by atomic mass is 19.1. The Bertz CT molecular complexity index is 433. The summed E-state index contributed by atoms with van der Waals surface area (Å²) in [6, 6.07) is 0.251. The first-order valence-corrected chi connectivity index (χ1v) is 6.86. The number of hydrogen-bond acceptors (Lipinski definition) is 4. The van der Waals surface area contributed by atoms with E-state index in [9.17, 15) is 9.18 Å². The van der Waals surface area contributed by atoms with Crippen molar-refractivity contribution >= 4 is 6.03 Å². The average molecular weight is 282 g/mol. The summed E-state index contributed by atoms with van der Waals surface area (Å²) in [5, 5.41) is 5.64. The maximum Gasteiger partial charge on any atom is 0.316 e. The van der Waals surface area contributed by atoms with Gasteiger partial charge in [-0.25, -0.2) is 19.2 Å². The van der Waals surface area contributed by atoms with Crippen molar-refractivity contribution in [2.75, 3.05) is 6.54 Å². The first kappa shape index (κ1) is 14.5. The van der Waals surface area contributed by atoms with E-state index < -0.39 is 5.82 Å². The third-order valence-electron chi connectivity index (χ3n) is 3.22. The molecule has 1 fully saturated rings. The van der Waals surface area contributed by atoms with Gasteiger partial charge in [0.25, 0.3) is 0 Å². The van der Waals surface area contributed by atoms with Gasteiger partial charge < -0.3 is 15.4 Å². The average Bonchev–Trinajstić information content (AvgIpc) is 2.44. The topological polar surface area (TPSA) is 76.1 Å². The Hall–Kier alpha value is -1.92. The van der Waals surface area contributed by atoms with Crippen LogP contribution in [0.2, 0.25) is 0 Å². The van der Waals surface area contributed by atoms with Gasteiger partial charge in [-0.2, -0.15) is 0 Å². The number of rotatable bonds is 4. The molecule has 1 saturated carbocycles. The zero-order chi connectivity index (χ0) is 14.4. The summed E-state index contributed by atoms with van der Waals surface area (Å²) in [4.78, 5) is 19.0. The van der Waals surface area contributed by atoms with Crippen LogP contribution >= 0.6 is 0 Å². The van der Waals surface area contributed by atoms with Gasteiger partial charge in [0.15, 0.2) is 5.82 Å². The van der Waals surface area contributed by atoms with Crippen molar-refractivity contribution < 1.29 is 13.9 Å². The molecule has 0 atom stereocenters. The summed E-state index contributed by atoms with van der Waals surface area (Å²) in [7, 11) is 0. The first-order chi connectivity index (χ1) is 9.67. The van der Waals surface area contributed by atoms with Crippen LogP contribution in [-0.4, -0.2) is 34.7 Å². The highest BCUT2D eigenvalue weighted by molar-refractivity contribution is 5.74. The fourth-order valence-electron chi connectivity index (χ4n) is 2.23. The first-order valence-electron chi connectivity index (χ1n) is 6.86. The van der Waals surface area contributed by atoms with Crippen molar-refractivity contribution in [3.05, 3.63) is 18.2 Å². The Kier molecular flexibility index (Phi) is 5.09. The van der Waals surface area contributed by atoms with Crippen LogP contribution in [0.4, 0.5) is 9.18 Å². The van der Waals surface area contributed by atoms with Gasteiger partial charge in [-0.3, -0.25) is 0 Å². The lowest BCUT2D eigenvalue weighted by Gasteiger charge is -2.28. The molecule has 1 aromatic heterocycles. The van der Waals surface area contributed by atoms with Gasteiger partial charge in [0.05, 0.1) is 12.4 Å². The zero-order valence-corrected chi connectivity index (χ0v) is 11.4. The number of urea groups is 1. The van der Waals surface area contributed by atoms with Crippen molar-refractivity contribution in [3.8, 4) is 6.01 Å². The second-order valence-electron chi connectivity index (χ2n) is 4.78. The van der Waals surface area contributed by atoms with Crippen molar-refractivity contribution in [1.82, 2.24) is 20.6 Å². The predicted molar refractivity (Wildman–Crippen MR) is 70.9 cm³/mol. The molecule has 2 rings (SSSR count). The largest absolute Gasteiger partial charge is 0.460 e. The quantitative estimate of drug-likeness (QED) is 0.880. The molecule has 0 aromatic carbocycles. The van der Waals surface area contributed by atoms with Gasteiger partial charge in [0, 0.05) is 12.6 Å². The number of ether oxygens (including phenoxy) is 1. The van der Waals surface area contributed by atoms with E-state index in [4.69, 9.17) is 4.74 Å². The van der Waals surface area contributed by atoms with E-state index in [-0.39, 0.29) is 24.2 Å². The minimum Gasteiger partial charge on any atom is -0.460 e. The Labute approximate surface area is 117 Å². The van der Waals surface area contributed by atoms with E-state index in [0.717, 1.165) is 38.1 Å². The highest BCUT2D eigenvalue weighted by Crippen LogP contribution is 2.22. The minimum atomic E-state index is -0.479. The summed E-state index contributed by atoms with van der Waals surface area (Å²) < 4.78 is 18.3. The monoisotopic (exact) mass is 282 g/mol. The Balaban J connectivity index is 1.74. The maximum absolute atomic E-state index is 12.7. The molecule has 0 unspecified atom stereocenters. The summed E-state index contributed by atoms with van der Waals surface area (Å²) in [6.07, 6.45) is 5.53. The van der Waals surface area contributed by atoms with Gasteiger partial charge >= 0.3 is 12.0 Å². The molecular weight excluding hydrogens is 263 g/mol. The lowest BCUT2D eigenvalue weighted by Crippen LogP contribution is -2.44. The van der Waals surface area contributed by atoms with Gasteiger partial charge in [-0.1, -0.05) is 0 Å². The number of nitrogens with one attached hydrogen (secondary N) is 2. The van der Waals surface area contributed by atoms with Crippen LogP contribution in [0.1, 0.15) is 32.6 Å². The second kappa shape index (κ2) is 7.02. The van der Waals surface area contributed by atoms with Crippen LogP contribution in [0.15, 0.2) is 12.4 Å². The van der Waals surface area contributed by atoms with E-state index >= 15 is 0 Å². The SMILES string of the molecule is CCNC(=O)NC1CCC(Oc2ncc(F)cn2)CC1. The number of halogens is 1. The molecule has 20 heavy (non-hydrogen) atoms. The standard InChI is InChI=1S/C13H19FN4O2/c1-2-15-12(19)18-10-3-5-11(6-4-10)20-13-16-7-9(14)8-17-13/h7-8,10-11H,2-6H2,1H3,(H2,15,18,19). The molecule has 1 heterocycles. The number of aromatic nitrogens is 2. The summed E-state index contributed by atoms with van der Waals surface area (Å²) in [6.45, 7) is 2.50. The number of amides is 2. The molecule has 0 spiro atoms. The van der Waals surface area contributed by atoms with Gasteiger partial charge in [-0.15, -0.1) is 0 Å². The molecule has 110 valence electrons. The van der Waals surface area contributed by atoms with Crippen LogP contribution in [-0.2, 0) is 0 Å². The normalized spacial score (nSPS) is 22.1. The van der Waals surface area contributed by atoms with Gasteiger partial charge in [0.1, 0.15) is 6.10 Å². The van der Waals surface area contributed by atoms with Gasteiger partial charge in [-0.05, 0) is 32.6 Å². The molecule has 7 heteroatoms. The molecule has 0 bridgehead atoms. The van der Waals surface area contributed by atoms with Gasteiger partial charge in [0.2, 0.25) is 0 Å². The minimum absolute atomic E-state index is 0.0211. The predicted octanol–water partition coefficient (Wildman–Crippen LogP) is 1.62. The van der Waals surface area contributed by atoms with Crippen LogP contribution in [0, 0.1) is 5.82 Å². The molecule has 1 aliphatic rings. The third kappa shape index (κ3) is 4.32. The molecular formula is C13H19FN4O2. The summed E-state index contributed by atoms with van der Waals surface area (Å²) in [5.41, 5.74) is 0.